The Labute approximate surface area is 218 Å². The Balaban J connectivity index is 1.66. The quantitative estimate of drug-likeness (QED) is 0.283. The van der Waals surface area contributed by atoms with Crippen LogP contribution in [0, 0.1) is 0 Å². The monoisotopic (exact) mass is 517 g/mol. The number of halogens is 1. The Kier molecular flexibility index (Phi) is 6.39. The van der Waals surface area contributed by atoms with Gasteiger partial charge >= 0.3 is 0 Å². The third-order valence-corrected chi connectivity index (χ3v) is 6.69. The maximum Gasteiger partial charge on any atom is 0.294 e. The zero-order chi connectivity index (χ0) is 26.3. The predicted octanol–water partition coefficient (Wildman–Crippen LogP) is 6.45. The fourth-order valence-corrected chi connectivity index (χ4v) is 4.82. The van der Waals surface area contributed by atoms with Crippen molar-refractivity contribution in [1.29, 1.82) is 0 Å². The van der Waals surface area contributed by atoms with Crippen LogP contribution in [0.5, 0.6) is 11.5 Å². The van der Waals surface area contributed by atoms with E-state index in [0.29, 0.717) is 38.7 Å². The second kappa shape index (κ2) is 9.67. The molecule has 188 valence electrons. The van der Waals surface area contributed by atoms with E-state index in [-0.39, 0.29) is 11.3 Å². The Morgan fingerprint density at radius 3 is 2.49 bits per heavy atom. The topological polar surface area (TPSA) is 89.2 Å². The van der Waals surface area contributed by atoms with Gasteiger partial charge in [0.15, 0.2) is 22.9 Å². The number of ether oxygens (including phenoxy) is 2. The van der Waals surface area contributed by atoms with Crippen LogP contribution in [0.25, 0.3) is 11.0 Å². The minimum atomic E-state index is -0.915. The standard InChI is InChI=1S/C29H24ClNO6/c1-4-16-8-10-20(11-9-16)31-25(17-6-5-7-21(13-17)35-2)24(27(33)29(31)34)26(32)22-14-18-12-19(30)15-23(36-3)28(18)37-22/h5-15,25,33H,4H2,1-3H3. The number of anilines is 1. The number of hydrogen-bond donors (Lipinski definition) is 1. The summed E-state index contributed by atoms with van der Waals surface area (Å²) in [7, 11) is 3.01. The number of carbonyl (C=O) groups excluding carboxylic acids is 2. The minimum absolute atomic E-state index is 0.0546. The van der Waals surface area contributed by atoms with Gasteiger partial charge in [0.05, 0.1) is 25.8 Å². The largest absolute Gasteiger partial charge is 0.503 e. The molecule has 1 unspecified atom stereocenters. The molecule has 0 radical (unpaired) electrons. The van der Waals surface area contributed by atoms with Crippen LogP contribution in [-0.4, -0.2) is 31.0 Å². The molecular weight excluding hydrogens is 494 g/mol. The van der Waals surface area contributed by atoms with Gasteiger partial charge in [-0.1, -0.05) is 42.8 Å². The molecule has 0 aliphatic carbocycles. The average Bonchev–Trinajstić information content (AvgIpc) is 3.46. The molecule has 5 rings (SSSR count). The third kappa shape index (κ3) is 4.21. The molecule has 4 aromatic rings. The lowest BCUT2D eigenvalue weighted by molar-refractivity contribution is -0.117. The number of amides is 1. The van der Waals surface area contributed by atoms with Crippen LogP contribution in [0.4, 0.5) is 5.69 Å². The summed E-state index contributed by atoms with van der Waals surface area (Å²) in [5, 5.41) is 12.0. The zero-order valence-corrected chi connectivity index (χ0v) is 21.2. The smallest absolute Gasteiger partial charge is 0.294 e. The van der Waals surface area contributed by atoms with E-state index in [1.165, 1.54) is 25.2 Å². The first kappa shape index (κ1) is 24.5. The summed E-state index contributed by atoms with van der Waals surface area (Å²) >= 11 is 6.18. The first-order valence-corrected chi connectivity index (χ1v) is 12.1. The number of aliphatic hydroxyl groups is 1. The van der Waals surface area contributed by atoms with Crippen molar-refractivity contribution in [1.82, 2.24) is 0 Å². The van der Waals surface area contributed by atoms with E-state index in [1.54, 1.807) is 48.5 Å². The van der Waals surface area contributed by atoms with Crippen molar-refractivity contribution in [3.8, 4) is 11.5 Å². The predicted molar refractivity (Wildman–Crippen MR) is 141 cm³/mol. The lowest BCUT2D eigenvalue weighted by Gasteiger charge is -2.27. The minimum Gasteiger partial charge on any atom is -0.503 e. The van der Waals surface area contributed by atoms with Crippen molar-refractivity contribution >= 4 is 39.9 Å². The first-order valence-electron chi connectivity index (χ1n) is 11.7. The second-order valence-electron chi connectivity index (χ2n) is 8.60. The number of carbonyl (C=O) groups is 2. The zero-order valence-electron chi connectivity index (χ0n) is 20.4. The van der Waals surface area contributed by atoms with Crippen molar-refractivity contribution in [3.05, 3.63) is 100.0 Å². The van der Waals surface area contributed by atoms with Gasteiger partial charge < -0.3 is 19.0 Å². The fourth-order valence-electron chi connectivity index (χ4n) is 4.60. The third-order valence-electron chi connectivity index (χ3n) is 6.48. The van der Waals surface area contributed by atoms with E-state index >= 15 is 0 Å². The molecule has 1 atom stereocenters. The maximum atomic E-state index is 13.9. The summed E-state index contributed by atoms with van der Waals surface area (Å²) in [5.41, 5.74) is 2.47. The number of benzene rings is 3. The van der Waals surface area contributed by atoms with E-state index in [4.69, 9.17) is 25.5 Å². The molecule has 1 amide bonds. The molecule has 0 saturated heterocycles. The Morgan fingerprint density at radius 1 is 1.05 bits per heavy atom. The van der Waals surface area contributed by atoms with Crippen molar-refractivity contribution < 1.29 is 28.6 Å². The number of aryl methyl sites for hydroxylation is 1. The fraction of sp³-hybridized carbons (Fsp3) is 0.172. The molecule has 1 aromatic heterocycles. The van der Waals surface area contributed by atoms with Crippen molar-refractivity contribution in [2.24, 2.45) is 0 Å². The molecule has 1 aliphatic rings. The number of methoxy groups -OCH3 is 2. The van der Waals surface area contributed by atoms with Gasteiger partial charge in [-0.3, -0.25) is 14.5 Å². The number of fused-ring (bicyclic) bond motifs is 1. The molecule has 37 heavy (non-hydrogen) atoms. The van der Waals surface area contributed by atoms with Gasteiger partial charge in [-0.15, -0.1) is 0 Å². The highest BCUT2D eigenvalue weighted by Gasteiger charge is 2.45. The average molecular weight is 518 g/mol. The van der Waals surface area contributed by atoms with Crippen molar-refractivity contribution in [3.63, 3.8) is 0 Å². The van der Waals surface area contributed by atoms with Crippen molar-refractivity contribution in [2.45, 2.75) is 19.4 Å². The van der Waals surface area contributed by atoms with E-state index in [2.05, 4.69) is 0 Å². The highest BCUT2D eigenvalue weighted by atomic mass is 35.5. The van der Waals surface area contributed by atoms with Crippen LogP contribution < -0.4 is 14.4 Å². The molecule has 3 aromatic carbocycles. The Morgan fingerprint density at radius 2 is 1.81 bits per heavy atom. The summed E-state index contributed by atoms with van der Waals surface area (Å²) in [6, 6.07) is 18.3. The number of rotatable bonds is 7. The lowest BCUT2D eigenvalue weighted by atomic mass is 9.94. The molecule has 7 nitrogen and oxygen atoms in total. The van der Waals surface area contributed by atoms with Gasteiger partial charge in [-0.05, 0) is 53.9 Å². The van der Waals surface area contributed by atoms with Crippen LogP contribution >= 0.6 is 11.6 Å². The van der Waals surface area contributed by atoms with Gasteiger partial charge in [0.1, 0.15) is 5.75 Å². The Hall–Kier alpha value is -4.23. The maximum absolute atomic E-state index is 13.9. The van der Waals surface area contributed by atoms with Crippen LogP contribution in [0.15, 0.2) is 82.5 Å². The van der Waals surface area contributed by atoms with Crippen molar-refractivity contribution in [2.75, 3.05) is 19.1 Å². The van der Waals surface area contributed by atoms with Gasteiger partial charge in [-0.25, -0.2) is 0 Å². The number of ketones is 1. The van der Waals surface area contributed by atoms with Crippen LogP contribution in [0.2, 0.25) is 5.02 Å². The van der Waals surface area contributed by atoms with Crippen LogP contribution in [0.3, 0.4) is 0 Å². The van der Waals surface area contributed by atoms with E-state index in [0.717, 1.165) is 12.0 Å². The molecule has 1 aliphatic heterocycles. The molecule has 0 fully saturated rings. The van der Waals surface area contributed by atoms with E-state index in [9.17, 15) is 14.7 Å². The van der Waals surface area contributed by atoms with Crippen LogP contribution in [0.1, 0.15) is 34.6 Å². The van der Waals surface area contributed by atoms with Gasteiger partial charge in [0.2, 0.25) is 5.78 Å². The summed E-state index contributed by atoms with van der Waals surface area (Å²) in [6.07, 6.45) is 0.834. The normalized spacial score (nSPS) is 15.5. The van der Waals surface area contributed by atoms with E-state index < -0.39 is 23.5 Å². The first-order chi connectivity index (χ1) is 17.9. The highest BCUT2D eigenvalue weighted by molar-refractivity contribution is 6.31. The summed E-state index contributed by atoms with van der Waals surface area (Å²) in [6.45, 7) is 2.04. The number of furan rings is 1. The number of hydrogen-bond acceptors (Lipinski definition) is 6. The summed E-state index contributed by atoms with van der Waals surface area (Å²) < 4.78 is 16.6. The second-order valence-corrected chi connectivity index (χ2v) is 9.04. The van der Waals surface area contributed by atoms with Gasteiger partial charge in [0.25, 0.3) is 5.91 Å². The molecule has 2 heterocycles. The number of nitrogens with zero attached hydrogens (tertiary/aromatic N) is 1. The van der Waals surface area contributed by atoms with E-state index in [1.807, 2.05) is 19.1 Å². The molecule has 0 saturated carbocycles. The molecular formula is C29H24ClNO6. The summed E-state index contributed by atoms with van der Waals surface area (Å²) in [4.78, 5) is 28.7. The van der Waals surface area contributed by atoms with Gasteiger partial charge in [0, 0.05) is 22.2 Å². The molecule has 0 bridgehead atoms. The lowest BCUT2D eigenvalue weighted by Crippen LogP contribution is -2.31. The van der Waals surface area contributed by atoms with Gasteiger partial charge in [-0.2, -0.15) is 0 Å². The summed E-state index contributed by atoms with van der Waals surface area (Å²) in [5.74, 6) is -1.08. The SMILES string of the molecule is CCc1ccc(N2C(=O)C(O)=C(C(=O)c3cc4cc(Cl)cc(OC)c4o3)C2c2cccc(OC)c2)cc1. The molecule has 0 spiro atoms. The number of Topliss-reactive ketones (excluding diaryl/α,β-unsaturated/α-hetero) is 1. The number of aliphatic hydroxyl groups excluding tert-OH is 1. The van der Waals surface area contributed by atoms with Crippen LogP contribution in [-0.2, 0) is 11.2 Å². The molecule has 1 N–H and O–H groups in total. The highest BCUT2D eigenvalue weighted by Crippen LogP contribution is 2.43. The molecule has 8 heteroatoms. The Bertz CT molecular complexity index is 1550.